The van der Waals surface area contributed by atoms with Crippen LogP contribution in [0.1, 0.15) is 50.3 Å². The molecule has 1 amide bonds. The lowest BCUT2D eigenvalue weighted by molar-refractivity contribution is -0.131. The highest BCUT2D eigenvalue weighted by Gasteiger charge is 2.38. The molecule has 0 fully saturated rings. The molecule has 24 heavy (non-hydrogen) atoms. The van der Waals surface area contributed by atoms with E-state index >= 15 is 0 Å². The summed E-state index contributed by atoms with van der Waals surface area (Å²) in [7, 11) is 0. The number of hydrogen-bond donors (Lipinski definition) is 1. The number of fused-ring (bicyclic) bond motifs is 3. The van der Waals surface area contributed by atoms with Gasteiger partial charge in [0.05, 0.1) is 12.6 Å². The summed E-state index contributed by atoms with van der Waals surface area (Å²) < 4.78 is 5.87. The number of nitrogens with one attached hydrogen (secondary N) is 1. The smallest absolute Gasteiger partial charge is 0.252 e. The molecule has 0 saturated carbocycles. The van der Waals surface area contributed by atoms with Gasteiger partial charge in [0, 0.05) is 30.8 Å². The molecule has 1 N–H and O–H groups in total. The predicted octanol–water partition coefficient (Wildman–Crippen LogP) is 3.19. The van der Waals surface area contributed by atoms with Gasteiger partial charge in [0.25, 0.3) is 5.91 Å². The third-order valence-corrected chi connectivity index (χ3v) is 5.28. The molecule has 1 aromatic rings. The molecule has 0 saturated heterocycles. The van der Waals surface area contributed by atoms with Gasteiger partial charge in [-0.2, -0.15) is 0 Å². The van der Waals surface area contributed by atoms with Crippen LogP contribution < -0.4 is 10.1 Å². The second-order valence-corrected chi connectivity index (χ2v) is 7.52. The lowest BCUT2D eigenvalue weighted by Gasteiger charge is -2.43. The average molecular weight is 326 g/mol. The summed E-state index contributed by atoms with van der Waals surface area (Å²) in [5.41, 5.74) is 4.84. The van der Waals surface area contributed by atoms with Crippen LogP contribution in [0.25, 0.3) is 0 Å². The third-order valence-electron chi connectivity index (χ3n) is 5.28. The topological polar surface area (TPSA) is 41.6 Å². The zero-order valence-corrected chi connectivity index (χ0v) is 14.6. The van der Waals surface area contributed by atoms with Crippen LogP contribution in [0, 0.1) is 5.92 Å². The van der Waals surface area contributed by atoms with Crippen LogP contribution in [-0.4, -0.2) is 30.5 Å². The molecule has 1 atom stereocenters. The molecule has 0 aliphatic carbocycles. The van der Waals surface area contributed by atoms with Crippen molar-refractivity contribution in [2.75, 3.05) is 19.7 Å². The number of carbonyl (C=O) groups is 1. The largest absolute Gasteiger partial charge is 0.493 e. The van der Waals surface area contributed by atoms with Crippen LogP contribution in [0.2, 0.25) is 0 Å². The summed E-state index contributed by atoms with van der Waals surface area (Å²) in [6.45, 7) is 6.88. The van der Waals surface area contributed by atoms with E-state index in [2.05, 4.69) is 42.3 Å². The van der Waals surface area contributed by atoms with E-state index in [0.29, 0.717) is 5.92 Å². The first kappa shape index (κ1) is 15.6. The minimum Gasteiger partial charge on any atom is -0.493 e. The minimum absolute atomic E-state index is 0.185. The van der Waals surface area contributed by atoms with Crippen molar-refractivity contribution in [1.82, 2.24) is 10.2 Å². The molecule has 128 valence electrons. The van der Waals surface area contributed by atoms with E-state index in [-0.39, 0.29) is 11.9 Å². The summed E-state index contributed by atoms with van der Waals surface area (Å²) in [5.74, 6) is 1.73. The molecule has 0 spiro atoms. The predicted molar refractivity (Wildman–Crippen MR) is 93.8 cm³/mol. The molecule has 1 aromatic carbocycles. The molecule has 4 rings (SSSR count). The van der Waals surface area contributed by atoms with Crippen molar-refractivity contribution in [2.24, 2.45) is 5.92 Å². The van der Waals surface area contributed by atoms with Crippen LogP contribution in [0.4, 0.5) is 0 Å². The Morgan fingerprint density at radius 2 is 2.21 bits per heavy atom. The zero-order chi connectivity index (χ0) is 16.7. The highest BCUT2D eigenvalue weighted by molar-refractivity contribution is 5.95. The lowest BCUT2D eigenvalue weighted by atomic mass is 9.84. The monoisotopic (exact) mass is 326 g/mol. The molecule has 0 radical (unpaired) electrons. The standard InChI is InChI=1S/C20H26N2O2/c1-13(2)12-24-15-5-6-16-14(10-15)7-9-22-19(16)11-18-17(20(22)23)4-3-8-21-18/h5-6,10,13,19,21H,3-4,7-9,11-12H2,1-2H3. The van der Waals surface area contributed by atoms with Gasteiger partial charge in [0.1, 0.15) is 5.75 Å². The Morgan fingerprint density at radius 1 is 1.33 bits per heavy atom. The molecular weight excluding hydrogens is 300 g/mol. The molecule has 3 heterocycles. The van der Waals surface area contributed by atoms with Gasteiger partial charge >= 0.3 is 0 Å². The van der Waals surface area contributed by atoms with Crippen LogP contribution in [0.15, 0.2) is 29.5 Å². The van der Waals surface area contributed by atoms with E-state index in [4.69, 9.17) is 4.74 Å². The van der Waals surface area contributed by atoms with E-state index in [1.807, 2.05) is 0 Å². The second kappa shape index (κ2) is 6.15. The van der Waals surface area contributed by atoms with Crippen molar-refractivity contribution in [1.29, 1.82) is 0 Å². The first-order chi connectivity index (χ1) is 11.6. The average Bonchev–Trinajstić information content (AvgIpc) is 2.60. The first-order valence-corrected chi connectivity index (χ1v) is 9.16. The van der Waals surface area contributed by atoms with Gasteiger partial charge in [0.15, 0.2) is 0 Å². The number of carbonyl (C=O) groups excluding carboxylic acids is 1. The third kappa shape index (κ3) is 2.68. The molecule has 4 nitrogen and oxygen atoms in total. The van der Waals surface area contributed by atoms with Gasteiger partial charge in [0.2, 0.25) is 0 Å². The van der Waals surface area contributed by atoms with Crippen molar-refractivity contribution in [2.45, 2.75) is 45.6 Å². The fourth-order valence-corrected chi connectivity index (χ4v) is 4.06. The number of hydrogen-bond acceptors (Lipinski definition) is 3. The normalized spacial score (nSPS) is 22.7. The van der Waals surface area contributed by atoms with Gasteiger partial charge in [-0.25, -0.2) is 0 Å². The maximum atomic E-state index is 12.9. The van der Waals surface area contributed by atoms with E-state index in [1.54, 1.807) is 0 Å². The quantitative estimate of drug-likeness (QED) is 0.927. The fourth-order valence-electron chi connectivity index (χ4n) is 4.06. The van der Waals surface area contributed by atoms with Gasteiger partial charge in [-0.05, 0) is 48.4 Å². The maximum Gasteiger partial charge on any atom is 0.252 e. The second-order valence-electron chi connectivity index (χ2n) is 7.52. The Balaban J connectivity index is 1.61. The van der Waals surface area contributed by atoms with Gasteiger partial charge in [-0.1, -0.05) is 19.9 Å². The van der Waals surface area contributed by atoms with Gasteiger partial charge in [-0.15, -0.1) is 0 Å². The molecular formula is C20H26N2O2. The molecule has 1 unspecified atom stereocenters. The lowest BCUT2D eigenvalue weighted by Crippen LogP contribution is -2.46. The summed E-state index contributed by atoms with van der Waals surface area (Å²) in [4.78, 5) is 14.9. The van der Waals surface area contributed by atoms with Crippen LogP contribution in [-0.2, 0) is 11.2 Å². The van der Waals surface area contributed by atoms with E-state index in [9.17, 15) is 4.79 Å². The number of ether oxygens (including phenoxy) is 1. The Labute approximate surface area is 143 Å². The Morgan fingerprint density at radius 3 is 3.04 bits per heavy atom. The van der Waals surface area contributed by atoms with E-state index < -0.39 is 0 Å². The SMILES string of the molecule is CC(C)COc1ccc2c(c1)CCN1C(=O)C3=C(CC21)NCCC3. The van der Waals surface area contributed by atoms with Crippen LogP contribution in [0.3, 0.4) is 0 Å². The molecule has 0 bridgehead atoms. The molecule has 4 heteroatoms. The van der Waals surface area contributed by atoms with Crippen molar-refractivity contribution in [3.05, 3.63) is 40.6 Å². The summed E-state index contributed by atoms with van der Waals surface area (Å²) >= 11 is 0. The maximum absolute atomic E-state index is 12.9. The fraction of sp³-hybridized carbons (Fsp3) is 0.550. The van der Waals surface area contributed by atoms with Crippen LogP contribution >= 0.6 is 0 Å². The van der Waals surface area contributed by atoms with E-state index in [0.717, 1.165) is 56.7 Å². The number of rotatable bonds is 3. The number of benzene rings is 1. The van der Waals surface area contributed by atoms with Crippen molar-refractivity contribution < 1.29 is 9.53 Å². The van der Waals surface area contributed by atoms with E-state index in [1.165, 1.54) is 16.8 Å². The minimum atomic E-state index is 0.185. The van der Waals surface area contributed by atoms with Crippen molar-refractivity contribution >= 4 is 5.91 Å². The summed E-state index contributed by atoms with van der Waals surface area (Å²) in [6.07, 6.45) is 3.85. The zero-order valence-electron chi connectivity index (χ0n) is 14.6. The van der Waals surface area contributed by atoms with Crippen molar-refractivity contribution in [3.63, 3.8) is 0 Å². The highest BCUT2D eigenvalue weighted by Crippen LogP contribution is 2.41. The van der Waals surface area contributed by atoms with Gasteiger partial charge in [-0.3, -0.25) is 4.79 Å². The van der Waals surface area contributed by atoms with Crippen LogP contribution in [0.5, 0.6) is 5.75 Å². The highest BCUT2D eigenvalue weighted by atomic mass is 16.5. The summed E-state index contributed by atoms with van der Waals surface area (Å²) in [5, 5.41) is 3.47. The molecule has 3 aliphatic rings. The van der Waals surface area contributed by atoms with Crippen molar-refractivity contribution in [3.8, 4) is 5.75 Å². The Hall–Kier alpha value is -1.97. The molecule has 3 aliphatic heterocycles. The number of amides is 1. The Bertz CT molecular complexity index is 693. The van der Waals surface area contributed by atoms with Gasteiger partial charge < -0.3 is 15.0 Å². The Kier molecular flexibility index (Phi) is 3.99. The summed E-state index contributed by atoms with van der Waals surface area (Å²) in [6, 6.07) is 6.60. The number of nitrogens with zero attached hydrogens (tertiary/aromatic N) is 1. The molecule has 0 aromatic heterocycles. The first-order valence-electron chi connectivity index (χ1n) is 9.16.